The lowest BCUT2D eigenvalue weighted by Crippen LogP contribution is -1.99. The molecule has 2 aromatic heterocycles. The van der Waals surface area contributed by atoms with Crippen molar-refractivity contribution in [3.63, 3.8) is 0 Å². The van der Waals surface area contributed by atoms with E-state index in [1.807, 2.05) is 0 Å². The van der Waals surface area contributed by atoms with Crippen LogP contribution in [0.2, 0.25) is 0 Å². The van der Waals surface area contributed by atoms with Crippen molar-refractivity contribution in [3.05, 3.63) is 36.5 Å². The van der Waals surface area contributed by atoms with Crippen molar-refractivity contribution >= 4 is 11.9 Å². The number of nitrogen functional groups attached to an aromatic ring is 2. The number of aromatic hydroxyl groups is 1. The van der Waals surface area contributed by atoms with E-state index in [1.54, 1.807) is 36.5 Å². The smallest absolute Gasteiger partial charge is 0.223 e. The Balaban J connectivity index is 2.13. The van der Waals surface area contributed by atoms with Gasteiger partial charge in [0.1, 0.15) is 5.75 Å². The van der Waals surface area contributed by atoms with E-state index < -0.39 is 0 Å². The fourth-order valence-electron chi connectivity index (χ4n) is 2.12. The highest BCUT2D eigenvalue weighted by Gasteiger charge is 2.12. The minimum Gasteiger partial charge on any atom is -0.507 e. The summed E-state index contributed by atoms with van der Waals surface area (Å²) in [7, 11) is 1.48. The van der Waals surface area contributed by atoms with Gasteiger partial charge in [0.15, 0.2) is 0 Å². The third-order valence-corrected chi connectivity index (χ3v) is 3.17. The quantitative estimate of drug-likeness (QED) is 0.662. The largest absolute Gasteiger partial charge is 0.507 e. The molecule has 0 saturated heterocycles. The highest BCUT2D eigenvalue weighted by Crippen LogP contribution is 2.33. The lowest BCUT2D eigenvalue weighted by atomic mass is 10.0. The summed E-state index contributed by atoms with van der Waals surface area (Å²) >= 11 is 0. The van der Waals surface area contributed by atoms with Crippen molar-refractivity contribution in [2.75, 3.05) is 18.6 Å². The molecular formula is C15H14N6O2. The van der Waals surface area contributed by atoms with Gasteiger partial charge in [-0.2, -0.15) is 4.98 Å². The number of hydrogen-bond acceptors (Lipinski definition) is 8. The van der Waals surface area contributed by atoms with Crippen LogP contribution < -0.4 is 16.2 Å². The molecule has 5 N–H and O–H groups in total. The number of hydrogen-bond donors (Lipinski definition) is 3. The van der Waals surface area contributed by atoms with E-state index in [0.717, 1.165) is 5.56 Å². The number of aromatic nitrogens is 4. The Labute approximate surface area is 131 Å². The molecular weight excluding hydrogens is 296 g/mol. The summed E-state index contributed by atoms with van der Waals surface area (Å²) in [6, 6.07) is 8.32. The SMILES string of the molecule is COc1cc(-c2cc(-c3ccnc(N)n3)ccc2O)nc(N)n1. The van der Waals surface area contributed by atoms with Gasteiger partial charge in [-0.15, -0.1) is 0 Å². The Bertz CT molecular complexity index is 868. The molecule has 0 unspecified atom stereocenters. The van der Waals surface area contributed by atoms with Crippen LogP contribution in [0, 0.1) is 0 Å². The van der Waals surface area contributed by atoms with Crippen LogP contribution in [0.25, 0.3) is 22.5 Å². The van der Waals surface area contributed by atoms with Gasteiger partial charge in [-0.05, 0) is 24.3 Å². The number of methoxy groups -OCH3 is 1. The van der Waals surface area contributed by atoms with E-state index >= 15 is 0 Å². The molecule has 1 aromatic carbocycles. The zero-order chi connectivity index (χ0) is 16.4. The number of benzene rings is 1. The molecule has 0 aliphatic rings. The summed E-state index contributed by atoms with van der Waals surface area (Å²) in [6.45, 7) is 0. The topological polar surface area (TPSA) is 133 Å². The number of phenols is 1. The van der Waals surface area contributed by atoms with E-state index in [1.165, 1.54) is 7.11 Å². The van der Waals surface area contributed by atoms with Crippen molar-refractivity contribution in [2.45, 2.75) is 0 Å². The van der Waals surface area contributed by atoms with Gasteiger partial charge in [0, 0.05) is 23.4 Å². The average molecular weight is 310 g/mol. The fourth-order valence-corrected chi connectivity index (χ4v) is 2.12. The van der Waals surface area contributed by atoms with Gasteiger partial charge >= 0.3 is 0 Å². The van der Waals surface area contributed by atoms with Crippen LogP contribution in [-0.2, 0) is 0 Å². The van der Waals surface area contributed by atoms with Crippen LogP contribution in [0.15, 0.2) is 36.5 Å². The Hall–Kier alpha value is -3.42. The second-order valence-corrected chi connectivity index (χ2v) is 4.69. The van der Waals surface area contributed by atoms with Crippen molar-refractivity contribution < 1.29 is 9.84 Å². The van der Waals surface area contributed by atoms with Crippen LogP contribution >= 0.6 is 0 Å². The van der Waals surface area contributed by atoms with Gasteiger partial charge in [-0.1, -0.05) is 0 Å². The van der Waals surface area contributed by atoms with E-state index in [-0.39, 0.29) is 17.6 Å². The molecule has 8 heteroatoms. The number of nitrogens with zero attached hydrogens (tertiary/aromatic N) is 4. The normalized spacial score (nSPS) is 10.5. The maximum atomic E-state index is 10.1. The molecule has 2 heterocycles. The second kappa shape index (κ2) is 5.76. The van der Waals surface area contributed by atoms with Crippen molar-refractivity contribution in [1.82, 2.24) is 19.9 Å². The van der Waals surface area contributed by atoms with E-state index in [2.05, 4.69) is 19.9 Å². The molecule has 0 bridgehead atoms. The first-order valence-electron chi connectivity index (χ1n) is 6.67. The molecule has 8 nitrogen and oxygen atoms in total. The first-order chi connectivity index (χ1) is 11.1. The molecule has 0 spiro atoms. The monoisotopic (exact) mass is 310 g/mol. The van der Waals surface area contributed by atoms with Gasteiger partial charge in [-0.25, -0.2) is 15.0 Å². The molecule has 0 aliphatic carbocycles. The van der Waals surface area contributed by atoms with Crippen molar-refractivity contribution in [2.24, 2.45) is 0 Å². The molecule has 3 rings (SSSR count). The Kier molecular flexibility index (Phi) is 3.63. The zero-order valence-electron chi connectivity index (χ0n) is 12.3. The maximum Gasteiger partial charge on any atom is 0.223 e. The summed E-state index contributed by atoms with van der Waals surface area (Å²) < 4.78 is 5.08. The zero-order valence-corrected chi connectivity index (χ0v) is 12.3. The molecule has 0 fully saturated rings. The van der Waals surface area contributed by atoms with Crippen LogP contribution in [0.1, 0.15) is 0 Å². The van der Waals surface area contributed by atoms with E-state index in [0.29, 0.717) is 22.8 Å². The molecule has 0 saturated carbocycles. The van der Waals surface area contributed by atoms with Gasteiger partial charge in [0.2, 0.25) is 17.8 Å². The summed E-state index contributed by atoms with van der Waals surface area (Å²) in [5.74, 6) is 0.583. The Morgan fingerprint density at radius 2 is 1.74 bits per heavy atom. The lowest BCUT2D eigenvalue weighted by Gasteiger charge is -2.09. The number of ether oxygens (including phenoxy) is 1. The van der Waals surface area contributed by atoms with Crippen LogP contribution in [-0.4, -0.2) is 32.2 Å². The van der Waals surface area contributed by atoms with Gasteiger partial charge in [-0.3, -0.25) is 0 Å². The predicted octanol–water partition coefficient (Wildman–Crippen LogP) is 1.48. The van der Waals surface area contributed by atoms with Gasteiger partial charge in [0.25, 0.3) is 0 Å². The average Bonchev–Trinajstić information content (AvgIpc) is 2.54. The summed E-state index contributed by atoms with van der Waals surface area (Å²) in [6.07, 6.45) is 1.57. The summed E-state index contributed by atoms with van der Waals surface area (Å²) in [5, 5.41) is 10.1. The maximum absolute atomic E-state index is 10.1. The minimum absolute atomic E-state index is 0.0513. The van der Waals surface area contributed by atoms with Gasteiger partial charge in [0.05, 0.1) is 18.5 Å². The Morgan fingerprint density at radius 1 is 0.957 bits per heavy atom. The van der Waals surface area contributed by atoms with E-state index in [4.69, 9.17) is 16.2 Å². The fraction of sp³-hybridized carbons (Fsp3) is 0.0667. The molecule has 116 valence electrons. The first-order valence-corrected chi connectivity index (χ1v) is 6.67. The summed E-state index contributed by atoms with van der Waals surface area (Å²) in [4.78, 5) is 16.1. The van der Waals surface area contributed by atoms with Gasteiger partial charge < -0.3 is 21.3 Å². The van der Waals surface area contributed by atoms with Crippen LogP contribution in [0.4, 0.5) is 11.9 Å². The number of anilines is 2. The van der Waals surface area contributed by atoms with E-state index in [9.17, 15) is 5.11 Å². The van der Waals surface area contributed by atoms with Crippen LogP contribution in [0.3, 0.4) is 0 Å². The molecule has 0 aliphatic heterocycles. The number of nitrogens with two attached hydrogens (primary N) is 2. The van der Waals surface area contributed by atoms with Crippen molar-refractivity contribution in [3.8, 4) is 34.1 Å². The third kappa shape index (κ3) is 2.95. The molecule has 3 aromatic rings. The second-order valence-electron chi connectivity index (χ2n) is 4.69. The Morgan fingerprint density at radius 3 is 2.48 bits per heavy atom. The third-order valence-electron chi connectivity index (χ3n) is 3.17. The standard InChI is InChI=1S/C15H14N6O2/c1-23-13-7-11(20-15(17)21-13)9-6-8(2-3-12(9)22)10-4-5-18-14(16)19-10/h2-7,22H,1H3,(H2,16,18,19)(H2,17,20,21). The molecule has 23 heavy (non-hydrogen) atoms. The summed E-state index contributed by atoms with van der Waals surface area (Å²) in [5.41, 5.74) is 13.6. The number of rotatable bonds is 3. The van der Waals surface area contributed by atoms with Crippen molar-refractivity contribution in [1.29, 1.82) is 0 Å². The highest BCUT2D eigenvalue weighted by atomic mass is 16.5. The highest BCUT2D eigenvalue weighted by molar-refractivity contribution is 5.75. The molecule has 0 atom stereocenters. The van der Waals surface area contributed by atoms with Crippen LogP contribution in [0.5, 0.6) is 11.6 Å². The first kappa shape index (κ1) is 14.5. The number of phenolic OH excluding ortho intramolecular Hbond substituents is 1. The minimum atomic E-state index is 0.0513. The molecule has 0 radical (unpaired) electrons. The lowest BCUT2D eigenvalue weighted by molar-refractivity contribution is 0.398. The predicted molar refractivity (Wildman–Crippen MR) is 85.5 cm³/mol. The molecule has 0 amide bonds.